The predicted octanol–water partition coefficient (Wildman–Crippen LogP) is 4.28. The van der Waals surface area contributed by atoms with Gasteiger partial charge in [0.15, 0.2) is 0 Å². The van der Waals surface area contributed by atoms with E-state index >= 15 is 0 Å². The highest BCUT2D eigenvalue weighted by Gasteiger charge is 2.26. The summed E-state index contributed by atoms with van der Waals surface area (Å²) in [6, 6.07) is 16.0. The summed E-state index contributed by atoms with van der Waals surface area (Å²) in [7, 11) is 0. The highest BCUT2D eigenvalue weighted by Crippen LogP contribution is 2.34. The van der Waals surface area contributed by atoms with Gasteiger partial charge in [-0.15, -0.1) is 12.4 Å². The number of fused-ring (bicyclic) bond motifs is 1. The van der Waals surface area contributed by atoms with E-state index in [1.807, 2.05) is 36.5 Å². The summed E-state index contributed by atoms with van der Waals surface area (Å²) in [5.74, 6) is 0.504. The Labute approximate surface area is 169 Å². The second-order valence-corrected chi connectivity index (χ2v) is 6.75. The van der Waals surface area contributed by atoms with Crippen molar-refractivity contribution in [1.82, 2.24) is 10.3 Å². The SMILES string of the molecule is Cl.O[C@@H]1C[C@H](CNCc2cncc(-c3ccc(F)cc3)c2)Oc2ccccc21. The van der Waals surface area contributed by atoms with Gasteiger partial charge in [-0.1, -0.05) is 30.3 Å². The number of aliphatic hydroxyl groups excluding tert-OH is 1. The van der Waals surface area contributed by atoms with Crippen molar-refractivity contribution in [3.63, 3.8) is 0 Å². The molecule has 3 aromatic rings. The number of ether oxygens (including phenoxy) is 1. The van der Waals surface area contributed by atoms with Crippen molar-refractivity contribution >= 4 is 12.4 Å². The number of benzene rings is 2. The van der Waals surface area contributed by atoms with Gasteiger partial charge in [-0.3, -0.25) is 4.98 Å². The molecule has 0 unspecified atom stereocenters. The summed E-state index contributed by atoms with van der Waals surface area (Å²) in [5.41, 5.74) is 3.77. The van der Waals surface area contributed by atoms with E-state index in [-0.39, 0.29) is 24.3 Å². The zero-order valence-electron chi connectivity index (χ0n) is 15.2. The van der Waals surface area contributed by atoms with Gasteiger partial charge < -0.3 is 15.2 Å². The summed E-state index contributed by atoms with van der Waals surface area (Å²) in [5, 5.41) is 13.7. The van der Waals surface area contributed by atoms with Crippen molar-refractivity contribution in [3.8, 4) is 16.9 Å². The summed E-state index contributed by atoms with van der Waals surface area (Å²) in [4.78, 5) is 4.29. The first-order valence-electron chi connectivity index (χ1n) is 9.03. The lowest BCUT2D eigenvalue weighted by Crippen LogP contribution is -2.35. The third-order valence-electron chi connectivity index (χ3n) is 4.73. The topological polar surface area (TPSA) is 54.4 Å². The minimum Gasteiger partial charge on any atom is -0.489 e. The Morgan fingerprint density at radius 3 is 2.68 bits per heavy atom. The highest BCUT2D eigenvalue weighted by atomic mass is 35.5. The first kappa shape index (κ1) is 20.3. The second-order valence-electron chi connectivity index (χ2n) is 6.75. The van der Waals surface area contributed by atoms with Crippen molar-refractivity contribution in [2.24, 2.45) is 0 Å². The Morgan fingerprint density at radius 1 is 1.07 bits per heavy atom. The number of halogens is 2. The summed E-state index contributed by atoms with van der Waals surface area (Å²) in [6.07, 6.45) is 3.58. The van der Waals surface area contributed by atoms with Gasteiger partial charge >= 0.3 is 0 Å². The second kappa shape index (κ2) is 9.15. The monoisotopic (exact) mass is 400 g/mol. The molecule has 146 valence electrons. The molecule has 4 nitrogen and oxygen atoms in total. The zero-order valence-corrected chi connectivity index (χ0v) is 16.0. The maximum Gasteiger partial charge on any atom is 0.125 e. The molecule has 2 heterocycles. The van der Waals surface area contributed by atoms with Gasteiger partial charge in [-0.2, -0.15) is 0 Å². The molecule has 0 aliphatic carbocycles. The van der Waals surface area contributed by atoms with Crippen LogP contribution >= 0.6 is 12.4 Å². The largest absolute Gasteiger partial charge is 0.489 e. The molecule has 0 bridgehead atoms. The molecular weight excluding hydrogens is 379 g/mol. The van der Waals surface area contributed by atoms with Gasteiger partial charge in [0.1, 0.15) is 17.7 Å². The fourth-order valence-corrected chi connectivity index (χ4v) is 3.35. The Hall–Kier alpha value is -2.47. The standard InChI is InChI=1S/C22H21FN2O2.ClH/c23-18-7-5-16(6-8-18)17-9-15(11-24-13-17)12-25-14-19-10-21(26)20-3-1-2-4-22(20)27-19;/h1-9,11,13,19,21,25-26H,10,12,14H2;1H/t19-,21-;/m1./s1. The molecule has 0 spiro atoms. The Bertz CT molecular complexity index is 920. The van der Waals surface area contributed by atoms with Gasteiger partial charge in [0.05, 0.1) is 6.10 Å². The van der Waals surface area contributed by atoms with Gasteiger partial charge in [0.2, 0.25) is 0 Å². The third kappa shape index (κ3) is 4.68. The zero-order chi connectivity index (χ0) is 18.6. The Kier molecular flexibility index (Phi) is 6.62. The van der Waals surface area contributed by atoms with E-state index < -0.39 is 6.10 Å². The molecule has 0 amide bonds. The number of aliphatic hydroxyl groups is 1. The van der Waals surface area contributed by atoms with Crippen molar-refractivity contribution in [3.05, 3.63) is 83.9 Å². The van der Waals surface area contributed by atoms with Crippen molar-refractivity contribution in [2.45, 2.75) is 25.2 Å². The van der Waals surface area contributed by atoms with Crippen LogP contribution in [0.2, 0.25) is 0 Å². The number of para-hydroxylation sites is 1. The summed E-state index contributed by atoms with van der Waals surface area (Å²) in [6.45, 7) is 1.27. The van der Waals surface area contributed by atoms with Crippen LogP contribution in [0.4, 0.5) is 4.39 Å². The van der Waals surface area contributed by atoms with Crippen molar-refractivity contribution in [1.29, 1.82) is 0 Å². The minimum atomic E-state index is -0.495. The van der Waals surface area contributed by atoms with Crippen LogP contribution in [0.25, 0.3) is 11.1 Å². The lowest BCUT2D eigenvalue weighted by atomic mass is 9.99. The number of pyridine rings is 1. The van der Waals surface area contributed by atoms with E-state index in [9.17, 15) is 9.50 Å². The number of hydrogen-bond acceptors (Lipinski definition) is 4. The third-order valence-corrected chi connectivity index (χ3v) is 4.73. The molecule has 0 saturated heterocycles. The van der Waals surface area contributed by atoms with E-state index in [1.165, 1.54) is 12.1 Å². The smallest absolute Gasteiger partial charge is 0.125 e. The molecule has 0 radical (unpaired) electrons. The molecule has 2 atom stereocenters. The highest BCUT2D eigenvalue weighted by molar-refractivity contribution is 5.85. The lowest BCUT2D eigenvalue weighted by molar-refractivity contribution is 0.0657. The van der Waals surface area contributed by atoms with E-state index in [1.54, 1.807) is 18.3 Å². The molecule has 0 fully saturated rings. The van der Waals surface area contributed by atoms with Crippen LogP contribution < -0.4 is 10.1 Å². The average Bonchev–Trinajstić information content (AvgIpc) is 2.69. The molecule has 1 aliphatic heterocycles. The molecule has 1 aromatic heterocycles. The first-order chi connectivity index (χ1) is 13.2. The molecule has 28 heavy (non-hydrogen) atoms. The molecule has 2 aromatic carbocycles. The van der Waals surface area contributed by atoms with Gasteiger partial charge in [-0.05, 0) is 35.4 Å². The lowest BCUT2D eigenvalue weighted by Gasteiger charge is -2.29. The fraction of sp³-hybridized carbons (Fsp3) is 0.227. The van der Waals surface area contributed by atoms with Gasteiger partial charge in [-0.25, -0.2) is 4.39 Å². The Balaban J connectivity index is 0.00000225. The number of hydrogen-bond donors (Lipinski definition) is 2. The maximum atomic E-state index is 13.1. The maximum absolute atomic E-state index is 13.1. The average molecular weight is 401 g/mol. The molecule has 4 rings (SSSR count). The molecule has 2 N–H and O–H groups in total. The number of aromatic nitrogens is 1. The summed E-state index contributed by atoms with van der Waals surface area (Å²) < 4.78 is 19.1. The molecule has 0 saturated carbocycles. The number of rotatable bonds is 5. The summed E-state index contributed by atoms with van der Waals surface area (Å²) >= 11 is 0. The molecule has 1 aliphatic rings. The van der Waals surface area contributed by atoms with E-state index in [2.05, 4.69) is 10.3 Å². The van der Waals surface area contributed by atoms with Crippen molar-refractivity contribution in [2.75, 3.05) is 6.54 Å². The van der Waals surface area contributed by atoms with Crippen LogP contribution in [-0.2, 0) is 6.54 Å². The first-order valence-corrected chi connectivity index (χ1v) is 9.03. The molecular formula is C22H22ClFN2O2. The molecule has 6 heteroatoms. The van der Waals surface area contributed by atoms with Crippen LogP contribution in [0.5, 0.6) is 5.75 Å². The minimum absolute atomic E-state index is 0. The predicted molar refractivity (Wildman–Crippen MR) is 109 cm³/mol. The van der Waals surface area contributed by atoms with Crippen LogP contribution in [0.15, 0.2) is 67.0 Å². The van der Waals surface area contributed by atoms with Gasteiger partial charge in [0.25, 0.3) is 0 Å². The van der Waals surface area contributed by atoms with Crippen LogP contribution in [0.1, 0.15) is 23.7 Å². The quantitative estimate of drug-likeness (QED) is 0.671. The fourth-order valence-electron chi connectivity index (χ4n) is 3.35. The number of nitrogens with zero attached hydrogens (tertiary/aromatic N) is 1. The van der Waals surface area contributed by atoms with Crippen LogP contribution in [0, 0.1) is 5.82 Å². The normalized spacial score (nSPS) is 17.9. The van der Waals surface area contributed by atoms with Crippen molar-refractivity contribution < 1.29 is 14.2 Å². The number of nitrogens with one attached hydrogen (secondary N) is 1. The van der Waals surface area contributed by atoms with Crippen LogP contribution in [-0.4, -0.2) is 22.7 Å². The van der Waals surface area contributed by atoms with Crippen LogP contribution in [0.3, 0.4) is 0 Å². The van der Waals surface area contributed by atoms with Gasteiger partial charge in [0, 0.05) is 43.0 Å². The van der Waals surface area contributed by atoms with E-state index in [4.69, 9.17) is 4.74 Å². The Morgan fingerprint density at radius 2 is 1.86 bits per heavy atom. The van der Waals surface area contributed by atoms with E-state index in [0.29, 0.717) is 19.5 Å². The van der Waals surface area contributed by atoms with E-state index in [0.717, 1.165) is 28.0 Å².